The lowest BCUT2D eigenvalue weighted by atomic mass is 10.1. The van der Waals surface area contributed by atoms with Gasteiger partial charge in [-0.05, 0) is 35.7 Å². The molecule has 7 nitrogen and oxygen atoms in total. The first kappa shape index (κ1) is 23.1. The van der Waals surface area contributed by atoms with Gasteiger partial charge >= 0.3 is 0 Å². The molecule has 11 heteroatoms. The standard InChI is InChI=1S/C20H18ClFN4O3S2/c21-16-11-25-20(30-12-14-3-1-2-4-17(14)22)26-18(16)19(27)24-10-9-13-5-7-15(8-6-13)31(23,28)29/h1-8,11H,9-10,12H2,(H,24,27)(H2,23,28,29). The van der Waals surface area contributed by atoms with Gasteiger partial charge in [-0.3, -0.25) is 4.79 Å². The maximum Gasteiger partial charge on any atom is 0.271 e. The fraction of sp³-hybridized carbons (Fsp3) is 0.150. The van der Waals surface area contributed by atoms with Crippen LogP contribution in [0.5, 0.6) is 0 Å². The van der Waals surface area contributed by atoms with E-state index in [1.54, 1.807) is 30.3 Å². The second kappa shape index (κ2) is 10.2. The van der Waals surface area contributed by atoms with Crippen LogP contribution in [0.2, 0.25) is 5.02 Å². The predicted octanol–water partition coefficient (Wildman–Crippen LogP) is 3.18. The zero-order valence-corrected chi connectivity index (χ0v) is 18.5. The first-order chi connectivity index (χ1) is 14.7. The van der Waals surface area contributed by atoms with Crippen molar-refractivity contribution in [3.63, 3.8) is 0 Å². The molecule has 1 amide bonds. The highest BCUT2D eigenvalue weighted by atomic mass is 35.5. The molecule has 0 unspecified atom stereocenters. The molecule has 31 heavy (non-hydrogen) atoms. The SMILES string of the molecule is NS(=O)(=O)c1ccc(CCNC(=O)c2nc(SCc3ccccc3F)ncc2Cl)cc1. The molecule has 0 saturated heterocycles. The Balaban J connectivity index is 1.58. The van der Waals surface area contributed by atoms with E-state index in [1.165, 1.54) is 36.2 Å². The number of amides is 1. The van der Waals surface area contributed by atoms with Gasteiger partial charge in [0.1, 0.15) is 5.82 Å². The van der Waals surface area contributed by atoms with Crippen LogP contribution in [0.15, 0.2) is 64.8 Å². The fourth-order valence-electron chi connectivity index (χ4n) is 2.59. The summed E-state index contributed by atoms with van der Waals surface area (Å²) in [5.74, 6) is -0.482. The number of aromatic nitrogens is 2. The maximum absolute atomic E-state index is 13.7. The summed E-state index contributed by atoms with van der Waals surface area (Å²) in [6.45, 7) is 0.283. The molecule has 0 saturated carbocycles. The molecule has 0 atom stereocenters. The summed E-state index contributed by atoms with van der Waals surface area (Å²) in [5.41, 5.74) is 1.35. The van der Waals surface area contributed by atoms with Crippen LogP contribution in [-0.4, -0.2) is 30.8 Å². The smallest absolute Gasteiger partial charge is 0.271 e. The number of sulfonamides is 1. The number of carbonyl (C=O) groups is 1. The van der Waals surface area contributed by atoms with Gasteiger partial charge in [-0.15, -0.1) is 0 Å². The Bertz CT molecular complexity index is 1190. The van der Waals surface area contributed by atoms with Gasteiger partial charge < -0.3 is 5.32 Å². The molecule has 3 aromatic rings. The Morgan fingerprint density at radius 2 is 1.87 bits per heavy atom. The van der Waals surface area contributed by atoms with Crippen LogP contribution >= 0.6 is 23.4 Å². The van der Waals surface area contributed by atoms with Crippen LogP contribution < -0.4 is 10.5 Å². The number of halogens is 2. The quantitative estimate of drug-likeness (QED) is 0.378. The predicted molar refractivity (Wildman–Crippen MR) is 117 cm³/mol. The van der Waals surface area contributed by atoms with Crippen molar-refractivity contribution in [3.8, 4) is 0 Å². The highest BCUT2D eigenvalue weighted by Gasteiger charge is 2.15. The van der Waals surface area contributed by atoms with Gasteiger partial charge in [0.25, 0.3) is 5.91 Å². The van der Waals surface area contributed by atoms with Crippen molar-refractivity contribution >= 4 is 39.3 Å². The van der Waals surface area contributed by atoms with Gasteiger partial charge in [-0.2, -0.15) is 0 Å². The van der Waals surface area contributed by atoms with E-state index in [4.69, 9.17) is 16.7 Å². The molecular formula is C20H18ClFN4O3S2. The number of rotatable bonds is 8. The number of carbonyl (C=O) groups excluding carboxylic acids is 1. The number of benzene rings is 2. The molecule has 162 valence electrons. The lowest BCUT2D eigenvalue weighted by Gasteiger charge is -2.08. The molecule has 0 bridgehead atoms. The Labute approximate surface area is 188 Å². The van der Waals surface area contributed by atoms with Crippen molar-refractivity contribution < 1.29 is 17.6 Å². The fourth-order valence-corrected chi connectivity index (χ4v) is 4.08. The van der Waals surface area contributed by atoms with Crippen LogP contribution in [0.25, 0.3) is 0 Å². The normalized spacial score (nSPS) is 11.3. The van der Waals surface area contributed by atoms with Crippen molar-refractivity contribution in [3.05, 3.63) is 82.4 Å². The molecule has 3 rings (SSSR count). The van der Waals surface area contributed by atoms with E-state index in [0.717, 1.165) is 5.56 Å². The van der Waals surface area contributed by atoms with E-state index in [2.05, 4.69) is 15.3 Å². The first-order valence-corrected chi connectivity index (χ1v) is 11.9. The Morgan fingerprint density at radius 3 is 2.55 bits per heavy atom. The Kier molecular flexibility index (Phi) is 7.60. The topological polar surface area (TPSA) is 115 Å². The number of nitrogens with zero attached hydrogens (tertiary/aromatic N) is 2. The minimum absolute atomic E-state index is 0.0217. The second-order valence-corrected chi connectivity index (χ2v) is 9.34. The molecule has 1 aromatic heterocycles. The van der Waals surface area contributed by atoms with Crippen LogP contribution in [0.4, 0.5) is 4.39 Å². The summed E-state index contributed by atoms with van der Waals surface area (Å²) in [5, 5.41) is 8.19. The van der Waals surface area contributed by atoms with Gasteiger partial charge in [0.2, 0.25) is 10.0 Å². The Hall–Kier alpha value is -2.53. The average Bonchev–Trinajstić information content (AvgIpc) is 2.74. The number of hydrogen-bond donors (Lipinski definition) is 2. The van der Waals surface area contributed by atoms with Gasteiger partial charge in [0.15, 0.2) is 10.9 Å². The molecule has 2 aromatic carbocycles. The molecule has 0 aliphatic carbocycles. The van der Waals surface area contributed by atoms with Crippen LogP contribution in [-0.2, 0) is 22.2 Å². The third kappa shape index (κ3) is 6.47. The van der Waals surface area contributed by atoms with Crippen molar-refractivity contribution in [1.82, 2.24) is 15.3 Å². The third-order valence-electron chi connectivity index (χ3n) is 4.20. The summed E-state index contributed by atoms with van der Waals surface area (Å²) in [4.78, 5) is 20.8. The minimum Gasteiger partial charge on any atom is -0.350 e. The highest BCUT2D eigenvalue weighted by Crippen LogP contribution is 2.23. The van der Waals surface area contributed by atoms with Crippen molar-refractivity contribution in [2.45, 2.75) is 22.2 Å². The summed E-state index contributed by atoms with van der Waals surface area (Å²) < 4.78 is 36.3. The molecule has 0 spiro atoms. The molecule has 0 radical (unpaired) electrons. The number of nitrogens with two attached hydrogens (primary N) is 1. The third-order valence-corrected chi connectivity index (χ3v) is 6.32. The molecule has 3 N–H and O–H groups in total. The van der Waals surface area contributed by atoms with E-state index < -0.39 is 15.9 Å². The van der Waals surface area contributed by atoms with Crippen LogP contribution in [0.1, 0.15) is 21.6 Å². The summed E-state index contributed by atoms with van der Waals surface area (Å²) in [6.07, 6.45) is 1.80. The summed E-state index contributed by atoms with van der Waals surface area (Å²) in [7, 11) is -3.74. The number of primary sulfonamides is 1. The molecule has 0 aliphatic heterocycles. The number of thioether (sulfide) groups is 1. The largest absolute Gasteiger partial charge is 0.350 e. The zero-order chi connectivity index (χ0) is 22.4. The maximum atomic E-state index is 13.7. The minimum atomic E-state index is -3.74. The lowest BCUT2D eigenvalue weighted by molar-refractivity contribution is 0.0948. The second-order valence-electron chi connectivity index (χ2n) is 6.42. The molecule has 0 aliphatic rings. The summed E-state index contributed by atoms with van der Waals surface area (Å²) in [6, 6.07) is 12.5. The van der Waals surface area contributed by atoms with Gasteiger partial charge in [0, 0.05) is 12.3 Å². The van der Waals surface area contributed by atoms with Crippen molar-refractivity contribution in [2.75, 3.05) is 6.54 Å². The number of hydrogen-bond acceptors (Lipinski definition) is 6. The van der Waals surface area contributed by atoms with E-state index in [-0.39, 0.29) is 28.0 Å². The Morgan fingerprint density at radius 1 is 1.16 bits per heavy atom. The van der Waals surface area contributed by atoms with E-state index in [0.29, 0.717) is 22.9 Å². The van der Waals surface area contributed by atoms with Crippen molar-refractivity contribution in [2.24, 2.45) is 5.14 Å². The van der Waals surface area contributed by atoms with E-state index >= 15 is 0 Å². The molecular weight excluding hydrogens is 463 g/mol. The van der Waals surface area contributed by atoms with E-state index in [9.17, 15) is 17.6 Å². The van der Waals surface area contributed by atoms with E-state index in [1.807, 2.05) is 0 Å². The average molecular weight is 481 g/mol. The van der Waals surface area contributed by atoms with Gasteiger partial charge in [-0.1, -0.05) is 53.7 Å². The lowest BCUT2D eigenvalue weighted by Crippen LogP contribution is -2.27. The number of nitrogens with one attached hydrogen (secondary N) is 1. The molecule has 0 fully saturated rings. The highest BCUT2D eigenvalue weighted by molar-refractivity contribution is 7.98. The van der Waals surface area contributed by atoms with Crippen LogP contribution in [0, 0.1) is 5.82 Å². The van der Waals surface area contributed by atoms with Gasteiger partial charge in [-0.25, -0.2) is 27.9 Å². The van der Waals surface area contributed by atoms with Crippen LogP contribution in [0.3, 0.4) is 0 Å². The molecule has 1 heterocycles. The van der Waals surface area contributed by atoms with Gasteiger partial charge in [0.05, 0.1) is 16.1 Å². The zero-order valence-electron chi connectivity index (χ0n) is 16.1. The van der Waals surface area contributed by atoms with Crippen molar-refractivity contribution in [1.29, 1.82) is 0 Å². The summed E-state index contributed by atoms with van der Waals surface area (Å²) >= 11 is 7.26. The monoisotopic (exact) mass is 480 g/mol. The first-order valence-electron chi connectivity index (χ1n) is 9.03.